The Hall–Kier alpha value is -1.43. The van der Waals surface area contributed by atoms with Gasteiger partial charge in [-0.25, -0.2) is 9.97 Å². The second-order valence-electron chi connectivity index (χ2n) is 6.08. The average molecular weight is 334 g/mol. The van der Waals surface area contributed by atoms with E-state index in [1.54, 1.807) is 6.33 Å². The molecule has 1 unspecified atom stereocenters. The maximum absolute atomic E-state index is 6.03. The van der Waals surface area contributed by atoms with E-state index < -0.39 is 0 Å². The molecule has 1 aliphatic heterocycles. The molecule has 0 bridgehead atoms. The van der Waals surface area contributed by atoms with Gasteiger partial charge in [0.2, 0.25) is 0 Å². The van der Waals surface area contributed by atoms with Gasteiger partial charge in [-0.3, -0.25) is 4.90 Å². The number of anilines is 1. The Kier molecular flexibility index (Phi) is 5.30. The second kappa shape index (κ2) is 7.43. The van der Waals surface area contributed by atoms with E-state index in [2.05, 4.69) is 38.9 Å². The Bertz CT molecular complexity index is 654. The number of rotatable bonds is 5. The topological polar surface area (TPSA) is 44.3 Å². The van der Waals surface area contributed by atoms with Crippen molar-refractivity contribution in [1.82, 2.24) is 19.8 Å². The maximum Gasteiger partial charge on any atom is 0.137 e. The Morgan fingerprint density at radius 1 is 1.22 bits per heavy atom. The van der Waals surface area contributed by atoms with Crippen LogP contribution in [-0.4, -0.2) is 65.1 Å². The van der Waals surface area contributed by atoms with Crippen molar-refractivity contribution in [2.24, 2.45) is 0 Å². The van der Waals surface area contributed by atoms with Gasteiger partial charge in [-0.1, -0.05) is 18.5 Å². The fourth-order valence-corrected chi connectivity index (χ4v) is 3.23. The van der Waals surface area contributed by atoms with Crippen LogP contribution in [0.5, 0.6) is 0 Å². The third kappa shape index (κ3) is 3.91. The van der Waals surface area contributed by atoms with Crippen molar-refractivity contribution in [2.75, 3.05) is 44.6 Å². The molecule has 0 amide bonds. The maximum atomic E-state index is 6.03. The summed E-state index contributed by atoms with van der Waals surface area (Å²) in [5, 5.41) is 5.19. The molecule has 1 atom stereocenters. The number of halogens is 1. The van der Waals surface area contributed by atoms with Gasteiger partial charge in [0.25, 0.3) is 0 Å². The van der Waals surface area contributed by atoms with Gasteiger partial charge in [0.05, 0.1) is 5.52 Å². The quantitative estimate of drug-likeness (QED) is 0.911. The lowest BCUT2D eigenvalue weighted by Crippen LogP contribution is -2.51. The van der Waals surface area contributed by atoms with E-state index in [1.807, 2.05) is 18.2 Å². The largest absolute Gasteiger partial charge is 0.368 e. The fourth-order valence-electron chi connectivity index (χ4n) is 3.06. The molecule has 1 aromatic carbocycles. The molecular formula is C17H24ClN5. The van der Waals surface area contributed by atoms with Crippen molar-refractivity contribution >= 4 is 28.3 Å². The molecule has 1 fully saturated rings. The molecule has 0 radical (unpaired) electrons. The Balaban J connectivity index is 1.62. The first-order chi connectivity index (χ1) is 11.2. The van der Waals surface area contributed by atoms with Crippen molar-refractivity contribution in [2.45, 2.75) is 19.9 Å². The minimum Gasteiger partial charge on any atom is -0.368 e. The molecule has 6 heteroatoms. The SMILES string of the molecule is CCN1CCN(C(C)CNc2ncnc3cc(Cl)ccc23)CC1. The van der Waals surface area contributed by atoms with Crippen molar-refractivity contribution in [3.63, 3.8) is 0 Å². The van der Waals surface area contributed by atoms with Gasteiger partial charge >= 0.3 is 0 Å². The Morgan fingerprint density at radius 3 is 2.74 bits per heavy atom. The zero-order valence-corrected chi connectivity index (χ0v) is 14.6. The van der Waals surface area contributed by atoms with Gasteiger partial charge in [-0.2, -0.15) is 0 Å². The first-order valence-electron chi connectivity index (χ1n) is 8.28. The minimum atomic E-state index is 0.478. The third-order valence-electron chi connectivity index (χ3n) is 4.64. The number of piperazine rings is 1. The van der Waals surface area contributed by atoms with Gasteiger partial charge in [0, 0.05) is 49.2 Å². The Labute approximate surface area is 142 Å². The second-order valence-corrected chi connectivity index (χ2v) is 6.52. The molecular weight excluding hydrogens is 310 g/mol. The highest BCUT2D eigenvalue weighted by Crippen LogP contribution is 2.22. The van der Waals surface area contributed by atoms with Crippen LogP contribution in [0.25, 0.3) is 10.9 Å². The molecule has 0 saturated carbocycles. The summed E-state index contributed by atoms with van der Waals surface area (Å²) >= 11 is 6.03. The summed E-state index contributed by atoms with van der Waals surface area (Å²) in [7, 11) is 0. The average Bonchev–Trinajstić information content (AvgIpc) is 2.59. The van der Waals surface area contributed by atoms with E-state index in [9.17, 15) is 0 Å². The first kappa shape index (κ1) is 16.4. The van der Waals surface area contributed by atoms with Crippen LogP contribution in [0.1, 0.15) is 13.8 Å². The highest BCUT2D eigenvalue weighted by atomic mass is 35.5. The lowest BCUT2D eigenvalue weighted by atomic mass is 10.2. The van der Waals surface area contributed by atoms with Crippen LogP contribution in [0.15, 0.2) is 24.5 Å². The zero-order valence-electron chi connectivity index (χ0n) is 13.8. The number of nitrogens with zero attached hydrogens (tertiary/aromatic N) is 4. The highest BCUT2D eigenvalue weighted by molar-refractivity contribution is 6.31. The molecule has 2 aromatic rings. The van der Waals surface area contributed by atoms with Crippen molar-refractivity contribution in [3.05, 3.63) is 29.5 Å². The normalized spacial score (nSPS) is 18.2. The summed E-state index contributed by atoms with van der Waals surface area (Å²) in [5.74, 6) is 0.880. The molecule has 0 aliphatic carbocycles. The standard InChI is InChI=1S/C17H24ClN5/c1-3-22-6-8-23(9-7-22)13(2)11-19-17-15-5-4-14(18)10-16(15)20-12-21-17/h4-5,10,12-13H,3,6-9,11H2,1-2H3,(H,19,20,21). The number of likely N-dealkylation sites (N-methyl/N-ethyl adjacent to an activating group) is 1. The van der Waals surface area contributed by atoms with Crippen LogP contribution in [0.2, 0.25) is 5.02 Å². The van der Waals surface area contributed by atoms with Crippen LogP contribution in [-0.2, 0) is 0 Å². The van der Waals surface area contributed by atoms with Crippen LogP contribution in [0, 0.1) is 0 Å². The van der Waals surface area contributed by atoms with E-state index in [-0.39, 0.29) is 0 Å². The van der Waals surface area contributed by atoms with Crippen molar-refractivity contribution in [3.8, 4) is 0 Å². The summed E-state index contributed by atoms with van der Waals surface area (Å²) in [4.78, 5) is 13.7. The lowest BCUT2D eigenvalue weighted by Gasteiger charge is -2.37. The zero-order chi connectivity index (χ0) is 16.2. The number of fused-ring (bicyclic) bond motifs is 1. The van der Waals surface area contributed by atoms with E-state index in [0.717, 1.165) is 56.0 Å². The molecule has 1 aliphatic rings. The predicted octanol–water partition coefficient (Wildman–Crippen LogP) is 2.72. The number of benzene rings is 1. The minimum absolute atomic E-state index is 0.478. The molecule has 1 saturated heterocycles. The first-order valence-corrected chi connectivity index (χ1v) is 8.65. The van der Waals surface area contributed by atoms with Gasteiger partial charge in [-0.05, 0) is 31.7 Å². The van der Waals surface area contributed by atoms with E-state index >= 15 is 0 Å². The van der Waals surface area contributed by atoms with Crippen molar-refractivity contribution < 1.29 is 0 Å². The molecule has 5 nitrogen and oxygen atoms in total. The summed E-state index contributed by atoms with van der Waals surface area (Å²) < 4.78 is 0. The molecule has 3 rings (SSSR count). The lowest BCUT2D eigenvalue weighted by molar-refractivity contribution is 0.110. The number of aromatic nitrogens is 2. The van der Waals surface area contributed by atoms with Gasteiger partial charge in [-0.15, -0.1) is 0 Å². The van der Waals surface area contributed by atoms with Crippen LogP contribution in [0.4, 0.5) is 5.82 Å². The van der Waals surface area contributed by atoms with Crippen LogP contribution < -0.4 is 5.32 Å². The Morgan fingerprint density at radius 2 is 2.00 bits per heavy atom. The van der Waals surface area contributed by atoms with Crippen LogP contribution >= 0.6 is 11.6 Å². The third-order valence-corrected chi connectivity index (χ3v) is 4.88. The number of hydrogen-bond acceptors (Lipinski definition) is 5. The van der Waals surface area contributed by atoms with Crippen LogP contribution in [0.3, 0.4) is 0 Å². The smallest absolute Gasteiger partial charge is 0.137 e. The van der Waals surface area contributed by atoms with Gasteiger partial charge in [0.15, 0.2) is 0 Å². The van der Waals surface area contributed by atoms with Gasteiger partial charge < -0.3 is 10.2 Å². The summed E-state index contributed by atoms with van der Waals surface area (Å²) in [6.07, 6.45) is 1.59. The summed E-state index contributed by atoms with van der Waals surface area (Å²) in [6, 6.07) is 6.21. The fraction of sp³-hybridized carbons (Fsp3) is 0.529. The molecule has 0 spiro atoms. The van der Waals surface area contributed by atoms with E-state index in [4.69, 9.17) is 11.6 Å². The molecule has 124 valence electrons. The van der Waals surface area contributed by atoms with Gasteiger partial charge in [0.1, 0.15) is 12.1 Å². The summed E-state index contributed by atoms with van der Waals surface area (Å²) in [5.41, 5.74) is 0.874. The highest BCUT2D eigenvalue weighted by Gasteiger charge is 2.20. The monoisotopic (exact) mass is 333 g/mol. The van der Waals surface area contributed by atoms with E-state index in [1.165, 1.54) is 0 Å². The summed E-state index contributed by atoms with van der Waals surface area (Å²) in [6.45, 7) is 11.1. The number of hydrogen-bond donors (Lipinski definition) is 1. The molecule has 2 heterocycles. The molecule has 23 heavy (non-hydrogen) atoms. The van der Waals surface area contributed by atoms with Crippen molar-refractivity contribution in [1.29, 1.82) is 0 Å². The number of nitrogens with one attached hydrogen (secondary N) is 1. The molecule has 1 N–H and O–H groups in total. The predicted molar refractivity (Wildman–Crippen MR) is 96.2 cm³/mol. The molecule has 1 aromatic heterocycles. The van der Waals surface area contributed by atoms with E-state index in [0.29, 0.717) is 11.1 Å².